The second kappa shape index (κ2) is 6.74. The minimum absolute atomic E-state index is 0.365. The Labute approximate surface area is 140 Å². The number of nitrogens with zero attached hydrogens (tertiary/aromatic N) is 3. The van der Waals surface area contributed by atoms with Crippen LogP contribution < -0.4 is 15.0 Å². The van der Waals surface area contributed by atoms with E-state index in [1.165, 1.54) is 0 Å². The van der Waals surface area contributed by atoms with Gasteiger partial charge in [-0.05, 0) is 18.2 Å². The zero-order valence-electron chi connectivity index (χ0n) is 13.5. The lowest BCUT2D eigenvalue weighted by molar-refractivity contribution is -0.157. The van der Waals surface area contributed by atoms with Crippen LogP contribution in [0.4, 0.5) is 11.8 Å². The number of hydrogen-bond acceptors (Lipinski definition) is 6. The number of hydrogen-bond donors (Lipinski definition) is 2. The van der Waals surface area contributed by atoms with Crippen LogP contribution in [-0.4, -0.2) is 46.8 Å². The average molecular weight is 328 g/mol. The first kappa shape index (κ1) is 16.0. The van der Waals surface area contributed by atoms with Crippen molar-refractivity contribution in [3.8, 4) is 5.75 Å². The van der Waals surface area contributed by atoms with Crippen LogP contribution in [0.25, 0.3) is 0 Å². The van der Waals surface area contributed by atoms with Crippen LogP contribution in [0.15, 0.2) is 42.6 Å². The molecule has 2 heterocycles. The Balaban J connectivity index is 1.74. The molecular weight excluding hydrogens is 308 g/mol. The summed E-state index contributed by atoms with van der Waals surface area (Å²) in [7, 11) is 1.80. The molecule has 7 heteroatoms. The van der Waals surface area contributed by atoms with E-state index in [2.05, 4.69) is 15.3 Å². The van der Waals surface area contributed by atoms with Gasteiger partial charge in [-0.1, -0.05) is 18.2 Å². The Morgan fingerprint density at radius 1 is 1.25 bits per heavy atom. The van der Waals surface area contributed by atoms with Crippen molar-refractivity contribution in [2.75, 3.05) is 30.4 Å². The van der Waals surface area contributed by atoms with E-state index < -0.39 is 11.6 Å². The van der Waals surface area contributed by atoms with Crippen molar-refractivity contribution in [2.45, 2.75) is 18.4 Å². The van der Waals surface area contributed by atoms with Gasteiger partial charge in [0.15, 0.2) is 0 Å². The van der Waals surface area contributed by atoms with Crippen LogP contribution in [0.5, 0.6) is 5.75 Å². The van der Waals surface area contributed by atoms with Crippen molar-refractivity contribution in [3.63, 3.8) is 0 Å². The highest BCUT2D eigenvalue weighted by Gasteiger charge is 2.44. The normalized spacial score (nSPS) is 16.5. The average Bonchev–Trinajstić information content (AvgIpc) is 2.63. The second-order valence-corrected chi connectivity index (χ2v) is 5.69. The predicted molar refractivity (Wildman–Crippen MR) is 90.5 cm³/mol. The predicted octanol–water partition coefficient (Wildman–Crippen LogP) is 2.02. The first-order chi connectivity index (χ1) is 11.6. The molecule has 0 amide bonds. The molecule has 1 aliphatic heterocycles. The summed E-state index contributed by atoms with van der Waals surface area (Å²) in [5, 5.41) is 12.7. The number of aromatic nitrogens is 2. The SMILES string of the molecule is CNc1ccnc(N2CCC(Oc3ccccc3)(C(=O)O)CC2)n1. The van der Waals surface area contributed by atoms with Crippen LogP contribution in [0.1, 0.15) is 12.8 Å². The summed E-state index contributed by atoms with van der Waals surface area (Å²) in [5.74, 6) is 0.967. The molecule has 24 heavy (non-hydrogen) atoms. The zero-order chi connectivity index (χ0) is 17.0. The van der Waals surface area contributed by atoms with Crippen molar-refractivity contribution in [2.24, 2.45) is 0 Å². The third-order valence-electron chi connectivity index (χ3n) is 4.20. The van der Waals surface area contributed by atoms with E-state index in [9.17, 15) is 9.90 Å². The fourth-order valence-corrected chi connectivity index (χ4v) is 2.78. The molecule has 1 saturated heterocycles. The molecule has 1 aliphatic rings. The Morgan fingerprint density at radius 3 is 2.58 bits per heavy atom. The van der Waals surface area contributed by atoms with E-state index in [1.54, 1.807) is 31.4 Å². The van der Waals surface area contributed by atoms with E-state index in [1.807, 2.05) is 23.1 Å². The van der Waals surface area contributed by atoms with Gasteiger partial charge in [-0.25, -0.2) is 9.78 Å². The first-order valence-electron chi connectivity index (χ1n) is 7.86. The highest BCUT2D eigenvalue weighted by atomic mass is 16.5. The zero-order valence-corrected chi connectivity index (χ0v) is 13.5. The number of carboxylic acids is 1. The third-order valence-corrected chi connectivity index (χ3v) is 4.20. The largest absolute Gasteiger partial charge is 0.478 e. The van der Waals surface area contributed by atoms with Crippen LogP contribution >= 0.6 is 0 Å². The maximum atomic E-state index is 11.8. The Morgan fingerprint density at radius 2 is 1.96 bits per heavy atom. The second-order valence-electron chi connectivity index (χ2n) is 5.69. The van der Waals surface area contributed by atoms with Crippen LogP contribution in [-0.2, 0) is 4.79 Å². The monoisotopic (exact) mass is 328 g/mol. The smallest absolute Gasteiger partial charge is 0.348 e. The van der Waals surface area contributed by atoms with E-state index in [0.717, 1.165) is 5.82 Å². The Kier molecular flexibility index (Phi) is 4.50. The summed E-state index contributed by atoms with van der Waals surface area (Å²) < 4.78 is 5.85. The molecule has 7 nitrogen and oxygen atoms in total. The molecule has 126 valence electrons. The van der Waals surface area contributed by atoms with E-state index >= 15 is 0 Å². The fraction of sp³-hybridized carbons (Fsp3) is 0.353. The molecule has 1 fully saturated rings. The minimum Gasteiger partial charge on any atom is -0.478 e. The van der Waals surface area contributed by atoms with Gasteiger partial charge in [-0.3, -0.25) is 0 Å². The lowest BCUT2D eigenvalue weighted by Crippen LogP contribution is -2.53. The van der Waals surface area contributed by atoms with Gasteiger partial charge in [0.2, 0.25) is 11.5 Å². The number of benzene rings is 1. The molecule has 2 N–H and O–H groups in total. The van der Waals surface area contributed by atoms with Gasteiger partial charge in [-0.15, -0.1) is 0 Å². The molecule has 0 saturated carbocycles. The van der Waals surface area contributed by atoms with Crippen molar-refractivity contribution >= 4 is 17.7 Å². The van der Waals surface area contributed by atoms with Crippen LogP contribution in [0, 0.1) is 0 Å². The van der Waals surface area contributed by atoms with Crippen molar-refractivity contribution in [3.05, 3.63) is 42.6 Å². The highest BCUT2D eigenvalue weighted by Crippen LogP contribution is 2.30. The summed E-state index contributed by atoms with van der Waals surface area (Å²) in [4.78, 5) is 22.5. The highest BCUT2D eigenvalue weighted by molar-refractivity contribution is 5.78. The maximum absolute atomic E-state index is 11.8. The number of anilines is 2. The van der Waals surface area contributed by atoms with E-state index in [0.29, 0.717) is 37.6 Å². The summed E-state index contributed by atoms with van der Waals surface area (Å²) in [6, 6.07) is 10.9. The maximum Gasteiger partial charge on any atom is 0.348 e. The van der Waals surface area contributed by atoms with Gasteiger partial charge in [0, 0.05) is 39.2 Å². The lowest BCUT2D eigenvalue weighted by Gasteiger charge is -2.38. The first-order valence-corrected chi connectivity index (χ1v) is 7.86. The number of aliphatic carboxylic acids is 1. The standard InChI is InChI=1S/C17H20N4O3/c1-18-14-7-10-19-16(20-14)21-11-8-17(9-12-21,15(22)23)24-13-5-3-2-4-6-13/h2-7,10H,8-9,11-12H2,1H3,(H,22,23)(H,18,19,20). The summed E-state index contributed by atoms with van der Waals surface area (Å²) in [6.07, 6.45) is 2.42. The molecule has 0 spiro atoms. The fourth-order valence-electron chi connectivity index (χ4n) is 2.78. The number of carboxylic acid groups (broad SMARTS) is 1. The topological polar surface area (TPSA) is 87.6 Å². The molecule has 0 bridgehead atoms. The Bertz CT molecular complexity index is 700. The lowest BCUT2D eigenvalue weighted by atomic mass is 9.91. The Hall–Kier alpha value is -2.83. The molecule has 1 aromatic carbocycles. The number of piperidine rings is 1. The van der Waals surface area contributed by atoms with Gasteiger partial charge in [-0.2, -0.15) is 4.98 Å². The third kappa shape index (κ3) is 3.24. The summed E-state index contributed by atoms with van der Waals surface area (Å²) in [5.41, 5.74) is -1.21. The van der Waals surface area contributed by atoms with Gasteiger partial charge >= 0.3 is 5.97 Å². The number of carbonyl (C=O) groups is 1. The van der Waals surface area contributed by atoms with E-state index in [-0.39, 0.29) is 0 Å². The minimum atomic E-state index is -1.21. The molecule has 1 aromatic heterocycles. The quantitative estimate of drug-likeness (QED) is 0.868. The number of para-hydroxylation sites is 1. The van der Waals surface area contributed by atoms with Gasteiger partial charge in [0.1, 0.15) is 11.6 Å². The molecule has 3 rings (SSSR count). The summed E-state index contributed by atoms with van der Waals surface area (Å²) >= 11 is 0. The van der Waals surface area contributed by atoms with Crippen LogP contribution in [0.2, 0.25) is 0 Å². The summed E-state index contributed by atoms with van der Waals surface area (Å²) in [6.45, 7) is 1.04. The number of rotatable bonds is 5. The number of nitrogens with one attached hydrogen (secondary N) is 1. The van der Waals surface area contributed by atoms with Gasteiger partial charge in [0.25, 0.3) is 0 Å². The molecule has 0 unspecified atom stereocenters. The van der Waals surface area contributed by atoms with E-state index in [4.69, 9.17) is 4.74 Å². The van der Waals surface area contributed by atoms with Gasteiger partial charge < -0.3 is 20.1 Å². The van der Waals surface area contributed by atoms with Crippen molar-refractivity contribution < 1.29 is 14.6 Å². The molecule has 0 radical (unpaired) electrons. The molecule has 0 aliphatic carbocycles. The molecular formula is C17H20N4O3. The van der Waals surface area contributed by atoms with Crippen molar-refractivity contribution in [1.82, 2.24) is 9.97 Å². The molecule has 2 aromatic rings. The van der Waals surface area contributed by atoms with Crippen molar-refractivity contribution in [1.29, 1.82) is 0 Å². The number of ether oxygens (including phenoxy) is 1. The van der Waals surface area contributed by atoms with Crippen LogP contribution in [0.3, 0.4) is 0 Å². The molecule has 0 atom stereocenters. The van der Waals surface area contributed by atoms with Gasteiger partial charge in [0.05, 0.1) is 0 Å².